The van der Waals surface area contributed by atoms with E-state index < -0.39 is 0 Å². The topological polar surface area (TPSA) is 38.9 Å². The van der Waals surface area contributed by atoms with Gasteiger partial charge in [-0.1, -0.05) is 31.2 Å². The highest BCUT2D eigenvalue weighted by Crippen LogP contribution is 2.32. The van der Waals surface area contributed by atoms with E-state index in [1.165, 1.54) is 11.1 Å². The molecule has 2 N–H and O–H groups in total. The SMILES string of the molecule is CCc1ccc(-c2nc(CCN)c(Br)s2)cc1. The molecule has 0 atom stereocenters. The standard InChI is InChI=1S/C13H15BrN2S/c1-2-9-3-5-10(6-4-9)13-16-11(7-8-15)12(14)17-13/h3-6H,2,7-8,15H2,1H3. The molecule has 0 fully saturated rings. The summed E-state index contributed by atoms with van der Waals surface area (Å²) in [6.45, 7) is 2.80. The maximum absolute atomic E-state index is 5.56. The summed E-state index contributed by atoms with van der Waals surface area (Å²) < 4.78 is 1.09. The predicted octanol–water partition coefficient (Wildman–Crippen LogP) is 3.64. The molecular formula is C13H15BrN2S. The Kier molecular flexibility index (Phi) is 4.31. The number of halogens is 1. The Hall–Kier alpha value is -0.710. The molecule has 0 aliphatic rings. The van der Waals surface area contributed by atoms with Crippen molar-refractivity contribution >= 4 is 27.3 Å². The Morgan fingerprint density at radius 2 is 2.00 bits per heavy atom. The van der Waals surface area contributed by atoms with Gasteiger partial charge >= 0.3 is 0 Å². The van der Waals surface area contributed by atoms with Crippen molar-refractivity contribution in [3.63, 3.8) is 0 Å². The number of thiazole rings is 1. The monoisotopic (exact) mass is 310 g/mol. The number of nitrogens with zero attached hydrogens (tertiary/aromatic N) is 1. The first kappa shape index (κ1) is 12.7. The maximum atomic E-state index is 5.56. The quantitative estimate of drug-likeness (QED) is 0.936. The minimum Gasteiger partial charge on any atom is -0.330 e. The van der Waals surface area contributed by atoms with Gasteiger partial charge < -0.3 is 5.73 Å². The lowest BCUT2D eigenvalue weighted by molar-refractivity contribution is 0.931. The first-order valence-corrected chi connectivity index (χ1v) is 7.30. The third-order valence-electron chi connectivity index (χ3n) is 2.64. The molecule has 17 heavy (non-hydrogen) atoms. The summed E-state index contributed by atoms with van der Waals surface area (Å²) in [5.41, 5.74) is 9.15. The Labute approximate surface area is 114 Å². The first-order valence-electron chi connectivity index (χ1n) is 5.69. The highest BCUT2D eigenvalue weighted by molar-refractivity contribution is 9.11. The molecule has 2 rings (SSSR count). The van der Waals surface area contributed by atoms with Crippen LogP contribution >= 0.6 is 27.3 Å². The van der Waals surface area contributed by atoms with E-state index in [0.717, 1.165) is 27.3 Å². The van der Waals surface area contributed by atoms with Gasteiger partial charge in [0.1, 0.15) is 5.01 Å². The molecule has 1 heterocycles. The van der Waals surface area contributed by atoms with Crippen LogP contribution in [0.1, 0.15) is 18.2 Å². The van der Waals surface area contributed by atoms with Crippen molar-refractivity contribution in [3.8, 4) is 10.6 Å². The zero-order valence-corrected chi connectivity index (χ0v) is 12.1. The first-order chi connectivity index (χ1) is 8.24. The third kappa shape index (κ3) is 2.94. The van der Waals surface area contributed by atoms with Crippen LogP contribution in [0.2, 0.25) is 0 Å². The minimum absolute atomic E-state index is 0.635. The fourth-order valence-electron chi connectivity index (χ4n) is 1.63. The number of aromatic nitrogens is 1. The van der Waals surface area contributed by atoms with Crippen LogP contribution in [0.5, 0.6) is 0 Å². The third-order valence-corrected chi connectivity index (χ3v) is 4.52. The van der Waals surface area contributed by atoms with E-state index in [1.54, 1.807) is 11.3 Å². The summed E-state index contributed by atoms with van der Waals surface area (Å²) >= 11 is 5.21. The molecule has 0 bridgehead atoms. The van der Waals surface area contributed by atoms with Crippen LogP contribution in [0.15, 0.2) is 28.1 Å². The van der Waals surface area contributed by atoms with Crippen molar-refractivity contribution in [1.29, 1.82) is 0 Å². The molecule has 2 nitrogen and oxygen atoms in total. The van der Waals surface area contributed by atoms with Gasteiger partial charge in [-0.25, -0.2) is 4.98 Å². The van der Waals surface area contributed by atoms with Crippen molar-refractivity contribution in [3.05, 3.63) is 39.3 Å². The molecule has 0 aliphatic heterocycles. The van der Waals surface area contributed by atoms with E-state index in [1.807, 2.05) is 0 Å². The van der Waals surface area contributed by atoms with E-state index in [-0.39, 0.29) is 0 Å². The van der Waals surface area contributed by atoms with Crippen LogP contribution in [-0.4, -0.2) is 11.5 Å². The number of benzene rings is 1. The predicted molar refractivity (Wildman–Crippen MR) is 77.4 cm³/mol. The van der Waals surface area contributed by atoms with Crippen LogP contribution < -0.4 is 5.73 Å². The highest BCUT2D eigenvalue weighted by atomic mass is 79.9. The van der Waals surface area contributed by atoms with E-state index in [9.17, 15) is 0 Å². The second kappa shape index (κ2) is 5.76. The molecule has 0 aliphatic carbocycles. The lowest BCUT2D eigenvalue weighted by Gasteiger charge is -1.98. The fraction of sp³-hybridized carbons (Fsp3) is 0.308. The molecule has 0 saturated heterocycles. The summed E-state index contributed by atoms with van der Waals surface area (Å²) in [7, 11) is 0. The second-order valence-electron chi connectivity index (χ2n) is 3.83. The molecule has 0 saturated carbocycles. The molecule has 2 aromatic rings. The zero-order valence-electron chi connectivity index (χ0n) is 9.74. The Morgan fingerprint density at radius 3 is 2.59 bits per heavy atom. The largest absolute Gasteiger partial charge is 0.330 e. The van der Waals surface area contributed by atoms with Crippen molar-refractivity contribution in [2.24, 2.45) is 5.73 Å². The normalized spacial score (nSPS) is 10.8. The van der Waals surface area contributed by atoms with Gasteiger partial charge in [-0.2, -0.15) is 0 Å². The number of aryl methyl sites for hydroxylation is 1. The van der Waals surface area contributed by atoms with Crippen LogP contribution in [0.3, 0.4) is 0 Å². The molecule has 90 valence electrons. The molecule has 0 unspecified atom stereocenters. The van der Waals surface area contributed by atoms with Crippen molar-refractivity contribution in [2.45, 2.75) is 19.8 Å². The van der Waals surface area contributed by atoms with Crippen LogP contribution in [0.4, 0.5) is 0 Å². The van der Waals surface area contributed by atoms with Gasteiger partial charge in [0.2, 0.25) is 0 Å². The molecule has 0 amide bonds. The molecule has 0 spiro atoms. The molecule has 1 aromatic carbocycles. The van der Waals surface area contributed by atoms with Crippen molar-refractivity contribution in [1.82, 2.24) is 4.98 Å². The number of rotatable bonds is 4. The molecule has 1 aromatic heterocycles. The second-order valence-corrected chi connectivity index (χ2v) is 6.15. The average Bonchev–Trinajstić information content (AvgIpc) is 2.72. The van der Waals surface area contributed by atoms with Gasteiger partial charge in [-0.15, -0.1) is 11.3 Å². The summed E-state index contributed by atoms with van der Waals surface area (Å²) in [5, 5.41) is 1.06. The average molecular weight is 311 g/mol. The van der Waals surface area contributed by atoms with Crippen molar-refractivity contribution < 1.29 is 0 Å². The highest BCUT2D eigenvalue weighted by Gasteiger charge is 2.09. The van der Waals surface area contributed by atoms with Crippen LogP contribution in [0, 0.1) is 0 Å². The van der Waals surface area contributed by atoms with Gasteiger partial charge in [-0.3, -0.25) is 0 Å². The zero-order chi connectivity index (χ0) is 12.3. The Balaban J connectivity index is 2.29. The number of nitrogens with two attached hydrogens (primary N) is 1. The summed E-state index contributed by atoms with van der Waals surface area (Å²) in [4.78, 5) is 4.62. The van der Waals surface area contributed by atoms with Gasteiger partial charge in [-0.05, 0) is 34.5 Å². The Morgan fingerprint density at radius 1 is 1.29 bits per heavy atom. The van der Waals surface area contributed by atoms with Crippen LogP contribution in [-0.2, 0) is 12.8 Å². The smallest absolute Gasteiger partial charge is 0.124 e. The van der Waals surface area contributed by atoms with E-state index in [4.69, 9.17) is 5.73 Å². The van der Waals surface area contributed by atoms with E-state index in [0.29, 0.717) is 6.54 Å². The lowest BCUT2D eigenvalue weighted by Crippen LogP contribution is -2.03. The van der Waals surface area contributed by atoms with Crippen LogP contribution in [0.25, 0.3) is 10.6 Å². The molecule has 4 heteroatoms. The molecular weight excluding hydrogens is 296 g/mol. The van der Waals surface area contributed by atoms with Gasteiger partial charge in [0.05, 0.1) is 9.48 Å². The maximum Gasteiger partial charge on any atom is 0.124 e. The van der Waals surface area contributed by atoms with Gasteiger partial charge in [0.15, 0.2) is 0 Å². The van der Waals surface area contributed by atoms with Gasteiger partial charge in [0, 0.05) is 12.0 Å². The fourth-order valence-corrected chi connectivity index (χ4v) is 3.22. The number of hydrogen-bond donors (Lipinski definition) is 1. The number of hydrogen-bond acceptors (Lipinski definition) is 3. The summed E-state index contributed by atoms with van der Waals surface area (Å²) in [6.07, 6.45) is 1.89. The Bertz CT molecular complexity index is 491. The summed E-state index contributed by atoms with van der Waals surface area (Å²) in [5.74, 6) is 0. The van der Waals surface area contributed by atoms with Gasteiger partial charge in [0.25, 0.3) is 0 Å². The van der Waals surface area contributed by atoms with E-state index >= 15 is 0 Å². The minimum atomic E-state index is 0.635. The summed E-state index contributed by atoms with van der Waals surface area (Å²) in [6, 6.07) is 8.59. The lowest BCUT2D eigenvalue weighted by atomic mass is 10.1. The van der Waals surface area contributed by atoms with Crippen molar-refractivity contribution in [2.75, 3.05) is 6.54 Å². The molecule has 0 radical (unpaired) electrons. The van der Waals surface area contributed by atoms with E-state index in [2.05, 4.69) is 52.1 Å².